The quantitative estimate of drug-likeness (QED) is 0.0446. The summed E-state index contributed by atoms with van der Waals surface area (Å²) in [5.41, 5.74) is 0. The lowest BCUT2D eigenvalue weighted by atomic mass is 10.1. The van der Waals surface area contributed by atoms with Gasteiger partial charge in [0, 0.05) is 0 Å². The average Bonchev–Trinajstić information content (AvgIpc) is 3.03. The molecule has 0 aliphatic carbocycles. The highest BCUT2D eigenvalue weighted by Gasteiger charge is 2.18. The molecule has 0 aromatic heterocycles. The molecule has 2 aromatic rings. The van der Waals surface area contributed by atoms with Crippen LogP contribution >= 0.6 is 24.4 Å². The number of hydrogen-bond acceptors (Lipinski definition) is 7. The fraction of sp³-hybridized carbons (Fsp3) is 0.556. The Morgan fingerprint density at radius 2 is 0.744 bits per heavy atom. The van der Waals surface area contributed by atoms with Crippen molar-refractivity contribution >= 4 is 46.1 Å². The van der Waals surface area contributed by atoms with E-state index in [0.717, 1.165) is 76.1 Å². The summed E-state index contributed by atoms with van der Waals surface area (Å²) in [6, 6.07) is 19.8. The molecule has 2 rings (SSSR count). The van der Waals surface area contributed by atoms with Gasteiger partial charge in [0.1, 0.15) is 21.2 Å². The summed E-state index contributed by atoms with van der Waals surface area (Å²) in [4.78, 5) is 24.7. The topological polar surface area (TPSA) is 61.8 Å². The van der Waals surface area contributed by atoms with Crippen LogP contribution in [0.3, 0.4) is 0 Å². The number of benzene rings is 2. The van der Waals surface area contributed by atoms with Crippen LogP contribution in [0.2, 0.25) is 0 Å². The Hall–Kier alpha value is -2.64. The number of carbonyl (C=O) groups excluding carboxylic acids is 2. The van der Waals surface area contributed by atoms with Crippen molar-refractivity contribution in [1.82, 2.24) is 0 Å². The zero-order chi connectivity index (χ0) is 30.8. The van der Waals surface area contributed by atoms with E-state index < -0.39 is 11.9 Å². The number of esters is 2. The molecule has 0 saturated heterocycles. The summed E-state index contributed by atoms with van der Waals surface area (Å²) in [5.74, 6) is 0.437. The number of hydrogen-bond donors (Lipinski definition) is 0. The zero-order valence-corrected chi connectivity index (χ0v) is 27.4. The van der Waals surface area contributed by atoms with Crippen molar-refractivity contribution in [3.63, 3.8) is 0 Å². The molecule has 0 aliphatic heterocycles. The molecule has 2 aromatic carbocycles. The second-order valence-corrected chi connectivity index (χ2v) is 12.0. The molecule has 0 fully saturated rings. The van der Waals surface area contributed by atoms with Crippen LogP contribution in [0.1, 0.15) is 116 Å². The van der Waals surface area contributed by atoms with Crippen LogP contribution in [-0.2, 0) is 14.3 Å². The first-order valence-corrected chi connectivity index (χ1v) is 17.1. The molecule has 0 heterocycles. The van der Waals surface area contributed by atoms with Gasteiger partial charge in [-0.1, -0.05) is 138 Å². The van der Waals surface area contributed by atoms with Gasteiger partial charge in [0.2, 0.25) is 0 Å². The fourth-order valence-electron chi connectivity index (χ4n) is 4.71. The van der Waals surface area contributed by atoms with E-state index in [1.54, 1.807) is 0 Å². The predicted octanol–water partition coefficient (Wildman–Crippen LogP) is 9.98. The van der Waals surface area contributed by atoms with Gasteiger partial charge >= 0.3 is 11.9 Å². The lowest BCUT2D eigenvalue weighted by Gasteiger charge is -2.07. The van der Waals surface area contributed by atoms with E-state index in [2.05, 4.69) is 0 Å². The minimum atomic E-state index is -0.714. The summed E-state index contributed by atoms with van der Waals surface area (Å²) in [6.07, 6.45) is 18.5. The van der Waals surface area contributed by atoms with Crippen molar-refractivity contribution in [3.8, 4) is 11.5 Å². The maximum atomic E-state index is 12.2. The molecule has 0 amide bonds. The minimum Gasteiger partial charge on any atom is -0.494 e. The number of thiocarbonyl (C=S) groups is 2. The van der Waals surface area contributed by atoms with Crippen LogP contribution in [0.4, 0.5) is 0 Å². The van der Waals surface area contributed by atoms with Crippen LogP contribution in [0.5, 0.6) is 11.5 Å². The molecule has 0 atom stereocenters. The second-order valence-electron chi connectivity index (χ2n) is 11.0. The molecule has 7 heteroatoms. The number of para-hydroxylation sites is 2. The largest absolute Gasteiger partial charge is 0.494 e. The number of ether oxygens (including phenoxy) is 3. The van der Waals surface area contributed by atoms with Crippen LogP contribution in [-0.4, -0.2) is 34.9 Å². The Balaban J connectivity index is 1.34. The molecule has 0 saturated carbocycles. The number of rotatable bonds is 26. The van der Waals surface area contributed by atoms with E-state index in [-0.39, 0.29) is 9.73 Å². The van der Waals surface area contributed by atoms with Gasteiger partial charge in [-0.2, -0.15) is 0 Å². The summed E-state index contributed by atoms with van der Waals surface area (Å²) in [6.45, 7) is 1.52. The van der Waals surface area contributed by atoms with E-state index in [1.165, 1.54) is 51.4 Å². The van der Waals surface area contributed by atoms with E-state index in [9.17, 15) is 9.59 Å². The summed E-state index contributed by atoms with van der Waals surface area (Å²) in [5, 5.41) is 0. The van der Waals surface area contributed by atoms with Gasteiger partial charge in [0.05, 0.1) is 13.2 Å². The Labute approximate surface area is 270 Å². The Bertz CT molecular complexity index is 959. The highest BCUT2D eigenvalue weighted by atomic mass is 32.1. The second kappa shape index (κ2) is 24.8. The van der Waals surface area contributed by atoms with Crippen molar-refractivity contribution in [1.29, 1.82) is 0 Å². The molecule has 0 spiro atoms. The number of unbranched alkanes of at least 4 members (excludes halogenated alkanes) is 14. The van der Waals surface area contributed by atoms with Gasteiger partial charge in [0.25, 0.3) is 0 Å². The van der Waals surface area contributed by atoms with Crippen molar-refractivity contribution in [2.75, 3.05) is 13.2 Å². The molecule has 0 aliphatic rings. The van der Waals surface area contributed by atoms with Gasteiger partial charge in [-0.3, -0.25) is 0 Å². The standard InChI is InChI=1S/C36H50O5S2/c37-35(33(42)27-19-9-5-1-3-7-11-21-29-39-31-23-15-13-16-24-31)41-36(38)34(43)28-20-10-6-2-4-8-12-22-30-40-32-25-17-14-18-26-32/h13-18,23-26H,1-12,19-22,27-30H2. The molecular formula is C36H50O5S2. The van der Waals surface area contributed by atoms with Crippen LogP contribution in [0, 0.1) is 0 Å². The number of carbonyl (C=O) groups is 2. The first-order valence-electron chi connectivity index (χ1n) is 16.2. The van der Waals surface area contributed by atoms with Crippen LogP contribution in [0.15, 0.2) is 60.7 Å². The van der Waals surface area contributed by atoms with E-state index in [1.807, 2.05) is 60.7 Å². The van der Waals surface area contributed by atoms with Crippen LogP contribution < -0.4 is 9.47 Å². The van der Waals surface area contributed by atoms with Crippen molar-refractivity contribution in [2.24, 2.45) is 0 Å². The van der Waals surface area contributed by atoms with Gasteiger partial charge < -0.3 is 14.2 Å². The van der Waals surface area contributed by atoms with Crippen molar-refractivity contribution in [2.45, 2.75) is 116 Å². The van der Waals surface area contributed by atoms with Gasteiger partial charge in [-0.15, -0.1) is 0 Å². The molecular weight excluding hydrogens is 577 g/mol. The highest BCUT2D eigenvalue weighted by molar-refractivity contribution is 7.82. The fourth-order valence-corrected chi connectivity index (χ4v) is 5.08. The Morgan fingerprint density at radius 3 is 1.09 bits per heavy atom. The summed E-state index contributed by atoms with van der Waals surface area (Å²) >= 11 is 10.4. The molecule has 0 bridgehead atoms. The Kier molecular flexibility index (Phi) is 21.1. The van der Waals surface area contributed by atoms with E-state index >= 15 is 0 Å². The minimum absolute atomic E-state index is 0.182. The van der Waals surface area contributed by atoms with Crippen LogP contribution in [0.25, 0.3) is 0 Å². The maximum absolute atomic E-state index is 12.2. The Morgan fingerprint density at radius 1 is 0.442 bits per heavy atom. The van der Waals surface area contributed by atoms with Crippen molar-refractivity contribution < 1.29 is 23.8 Å². The molecule has 0 N–H and O–H groups in total. The zero-order valence-electron chi connectivity index (χ0n) is 25.8. The van der Waals surface area contributed by atoms with Crippen molar-refractivity contribution in [3.05, 3.63) is 60.7 Å². The summed E-state index contributed by atoms with van der Waals surface area (Å²) in [7, 11) is 0. The smallest absolute Gasteiger partial charge is 0.352 e. The van der Waals surface area contributed by atoms with Gasteiger partial charge in [-0.05, 0) is 62.8 Å². The maximum Gasteiger partial charge on any atom is 0.352 e. The highest BCUT2D eigenvalue weighted by Crippen LogP contribution is 2.14. The monoisotopic (exact) mass is 626 g/mol. The lowest BCUT2D eigenvalue weighted by molar-refractivity contribution is -0.149. The molecule has 43 heavy (non-hydrogen) atoms. The van der Waals surface area contributed by atoms with E-state index in [0.29, 0.717) is 12.8 Å². The SMILES string of the molecule is O=C(OC(=O)C(=S)CCCCCCCCCCOc1ccccc1)C(=S)CCCCCCCCCCOc1ccccc1. The summed E-state index contributed by atoms with van der Waals surface area (Å²) < 4.78 is 16.4. The molecule has 0 radical (unpaired) electrons. The third-order valence-electron chi connectivity index (χ3n) is 7.26. The first kappa shape index (κ1) is 36.6. The average molecular weight is 627 g/mol. The van der Waals surface area contributed by atoms with E-state index in [4.69, 9.17) is 38.6 Å². The molecule has 0 unspecified atom stereocenters. The lowest BCUT2D eigenvalue weighted by Crippen LogP contribution is -2.24. The first-order chi connectivity index (χ1) is 21.1. The third-order valence-corrected chi connectivity index (χ3v) is 8.00. The predicted molar refractivity (Wildman–Crippen MR) is 183 cm³/mol. The normalized spacial score (nSPS) is 10.7. The van der Waals surface area contributed by atoms with Gasteiger partial charge in [-0.25, -0.2) is 9.59 Å². The molecule has 5 nitrogen and oxygen atoms in total. The third kappa shape index (κ3) is 19.3. The molecule has 236 valence electrons. The van der Waals surface area contributed by atoms with Gasteiger partial charge in [0.15, 0.2) is 0 Å².